The monoisotopic (exact) mass is 291 g/mol. The summed E-state index contributed by atoms with van der Waals surface area (Å²) in [5.41, 5.74) is 2.28. The molecule has 0 aliphatic carbocycles. The van der Waals surface area contributed by atoms with Crippen LogP contribution in [0.3, 0.4) is 0 Å². The highest BCUT2D eigenvalue weighted by Gasteiger charge is 2.41. The Bertz CT molecular complexity index is 636. The smallest absolute Gasteiger partial charge is 0.186 e. The van der Waals surface area contributed by atoms with Crippen molar-refractivity contribution in [3.8, 4) is 0 Å². The van der Waals surface area contributed by atoms with Crippen LogP contribution < -0.4 is 4.90 Å². The Morgan fingerprint density at radius 2 is 2.15 bits per heavy atom. The van der Waals surface area contributed by atoms with Gasteiger partial charge < -0.3 is 14.4 Å². The fourth-order valence-electron chi connectivity index (χ4n) is 3.08. The van der Waals surface area contributed by atoms with E-state index >= 15 is 0 Å². The maximum atomic E-state index is 5.85. The van der Waals surface area contributed by atoms with E-state index in [0.29, 0.717) is 13.2 Å². The SMILES string of the molecule is Cc1csc2c(N3CCCC4(C3)OCCO4)ncnc12. The summed E-state index contributed by atoms with van der Waals surface area (Å²) >= 11 is 1.72. The lowest BCUT2D eigenvalue weighted by Crippen LogP contribution is -2.49. The number of ether oxygens (including phenoxy) is 2. The summed E-state index contributed by atoms with van der Waals surface area (Å²) in [5.74, 6) is 0.605. The van der Waals surface area contributed by atoms with Gasteiger partial charge in [0, 0.05) is 13.0 Å². The van der Waals surface area contributed by atoms with Gasteiger partial charge in [0.25, 0.3) is 0 Å². The quantitative estimate of drug-likeness (QED) is 0.807. The van der Waals surface area contributed by atoms with Crippen molar-refractivity contribution in [2.24, 2.45) is 0 Å². The minimum absolute atomic E-state index is 0.415. The average Bonchev–Trinajstić information content (AvgIpc) is 3.07. The number of hydrogen-bond donors (Lipinski definition) is 0. The normalized spacial score (nSPS) is 21.9. The Kier molecular flexibility index (Phi) is 2.90. The van der Waals surface area contributed by atoms with Crippen LogP contribution in [-0.2, 0) is 9.47 Å². The molecule has 20 heavy (non-hydrogen) atoms. The van der Waals surface area contributed by atoms with E-state index in [9.17, 15) is 0 Å². The fourth-order valence-corrected chi connectivity index (χ4v) is 4.10. The van der Waals surface area contributed by atoms with Gasteiger partial charge in [-0.1, -0.05) is 0 Å². The van der Waals surface area contributed by atoms with Crippen molar-refractivity contribution in [3.05, 3.63) is 17.3 Å². The van der Waals surface area contributed by atoms with Crippen LogP contribution in [0.25, 0.3) is 10.2 Å². The minimum Gasteiger partial charge on any atom is -0.350 e. The molecule has 2 aromatic heterocycles. The second-order valence-electron chi connectivity index (χ2n) is 5.43. The van der Waals surface area contributed by atoms with Crippen molar-refractivity contribution in [1.29, 1.82) is 0 Å². The molecule has 0 radical (unpaired) electrons. The zero-order valence-electron chi connectivity index (χ0n) is 11.5. The topological polar surface area (TPSA) is 47.5 Å². The van der Waals surface area contributed by atoms with E-state index in [-0.39, 0.29) is 0 Å². The third kappa shape index (κ3) is 1.90. The second-order valence-corrected chi connectivity index (χ2v) is 6.31. The van der Waals surface area contributed by atoms with Crippen molar-refractivity contribution in [2.45, 2.75) is 25.6 Å². The van der Waals surface area contributed by atoms with Crippen LogP contribution in [0, 0.1) is 6.92 Å². The molecular formula is C14H17N3O2S. The fraction of sp³-hybridized carbons (Fsp3) is 0.571. The number of thiophene rings is 1. The lowest BCUT2D eigenvalue weighted by Gasteiger charge is -2.39. The summed E-state index contributed by atoms with van der Waals surface area (Å²) in [6, 6.07) is 0. The van der Waals surface area contributed by atoms with Gasteiger partial charge in [-0.15, -0.1) is 11.3 Å². The highest BCUT2D eigenvalue weighted by atomic mass is 32.1. The number of nitrogens with zero attached hydrogens (tertiary/aromatic N) is 3. The van der Waals surface area contributed by atoms with E-state index in [1.807, 2.05) is 0 Å². The van der Waals surface area contributed by atoms with Crippen LogP contribution in [0.2, 0.25) is 0 Å². The number of aryl methyl sites for hydroxylation is 1. The minimum atomic E-state index is -0.415. The molecule has 4 heterocycles. The molecular weight excluding hydrogens is 274 g/mol. The molecule has 106 valence electrons. The molecule has 6 heteroatoms. The molecule has 0 saturated carbocycles. The molecule has 0 amide bonds. The first kappa shape index (κ1) is 12.5. The van der Waals surface area contributed by atoms with Crippen molar-refractivity contribution in [2.75, 3.05) is 31.2 Å². The van der Waals surface area contributed by atoms with E-state index in [1.165, 1.54) is 10.3 Å². The molecule has 2 aliphatic rings. The van der Waals surface area contributed by atoms with Gasteiger partial charge in [0.15, 0.2) is 5.79 Å². The van der Waals surface area contributed by atoms with Gasteiger partial charge in [-0.05, 0) is 24.3 Å². The number of rotatable bonds is 1. The van der Waals surface area contributed by atoms with E-state index in [1.54, 1.807) is 17.7 Å². The summed E-state index contributed by atoms with van der Waals surface area (Å²) in [4.78, 5) is 11.2. The largest absolute Gasteiger partial charge is 0.350 e. The molecule has 2 aromatic rings. The number of hydrogen-bond acceptors (Lipinski definition) is 6. The molecule has 5 nitrogen and oxygen atoms in total. The van der Waals surface area contributed by atoms with Crippen molar-refractivity contribution in [3.63, 3.8) is 0 Å². The van der Waals surface area contributed by atoms with Crippen molar-refractivity contribution < 1.29 is 9.47 Å². The number of fused-ring (bicyclic) bond motifs is 1. The van der Waals surface area contributed by atoms with Crippen LogP contribution in [0.15, 0.2) is 11.7 Å². The molecule has 0 bridgehead atoms. The van der Waals surface area contributed by atoms with Gasteiger partial charge in [0.1, 0.15) is 12.1 Å². The molecule has 2 saturated heterocycles. The summed E-state index contributed by atoms with van der Waals surface area (Å²) < 4.78 is 12.9. The van der Waals surface area contributed by atoms with Gasteiger partial charge in [0.05, 0.1) is 30.0 Å². The Morgan fingerprint density at radius 1 is 1.30 bits per heavy atom. The predicted octanol–water partition coefficient (Wildman–Crippen LogP) is 2.34. The number of anilines is 1. The van der Waals surface area contributed by atoms with E-state index in [4.69, 9.17) is 9.47 Å². The summed E-state index contributed by atoms with van der Waals surface area (Å²) in [5, 5.41) is 2.14. The van der Waals surface area contributed by atoms with Crippen molar-refractivity contribution >= 4 is 27.4 Å². The first-order chi connectivity index (χ1) is 9.77. The van der Waals surface area contributed by atoms with Gasteiger partial charge >= 0.3 is 0 Å². The summed E-state index contributed by atoms with van der Waals surface area (Å²) in [6.45, 7) is 5.25. The zero-order chi connectivity index (χ0) is 13.6. The Hall–Kier alpha value is -1.24. The molecule has 4 rings (SSSR count). The second kappa shape index (κ2) is 4.65. The summed E-state index contributed by atoms with van der Waals surface area (Å²) in [7, 11) is 0. The molecule has 2 aliphatic heterocycles. The molecule has 2 fully saturated rings. The van der Waals surface area contributed by atoms with E-state index < -0.39 is 5.79 Å². The third-order valence-electron chi connectivity index (χ3n) is 4.04. The van der Waals surface area contributed by atoms with Gasteiger partial charge in [-0.2, -0.15) is 0 Å². The predicted molar refractivity (Wildman–Crippen MR) is 78.2 cm³/mol. The standard InChI is InChI=1S/C14H17N3O2S/c1-10-7-20-12-11(10)15-9-16-13(12)17-4-2-3-14(8-17)18-5-6-19-14/h7,9H,2-6,8H2,1H3. The maximum absolute atomic E-state index is 5.85. The van der Waals surface area contributed by atoms with Gasteiger partial charge in [0.2, 0.25) is 0 Å². The molecule has 0 atom stereocenters. The average molecular weight is 291 g/mol. The third-order valence-corrected chi connectivity index (χ3v) is 5.13. The highest BCUT2D eigenvalue weighted by molar-refractivity contribution is 7.18. The molecule has 0 aromatic carbocycles. The van der Waals surface area contributed by atoms with Crippen LogP contribution >= 0.6 is 11.3 Å². The molecule has 1 spiro atoms. The van der Waals surface area contributed by atoms with Crippen LogP contribution in [0.5, 0.6) is 0 Å². The number of piperidine rings is 1. The lowest BCUT2D eigenvalue weighted by atomic mass is 10.0. The lowest BCUT2D eigenvalue weighted by molar-refractivity contribution is -0.161. The van der Waals surface area contributed by atoms with Crippen LogP contribution in [-0.4, -0.2) is 42.1 Å². The van der Waals surface area contributed by atoms with Crippen LogP contribution in [0.4, 0.5) is 5.82 Å². The molecule has 0 unspecified atom stereocenters. The van der Waals surface area contributed by atoms with E-state index in [2.05, 4.69) is 27.2 Å². The van der Waals surface area contributed by atoms with Crippen molar-refractivity contribution in [1.82, 2.24) is 9.97 Å². The van der Waals surface area contributed by atoms with Gasteiger partial charge in [-0.3, -0.25) is 0 Å². The Morgan fingerprint density at radius 3 is 3.00 bits per heavy atom. The molecule has 0 N–H and O–H groups in total. The Labute approximate surface area is 121 Å². The number of aromatic nitrogens is 2. The van der Waals surface area contributed by atoms with Gasteiger partial charge in [-0.25, -0.2) is 9.97 Å². The first-order valence-corrected chi connectivity index (χ1v) is 7.87. The first-order valence-electron chi connectivity index (χ1n) is 6.99. The highest BCUT2D eigenvalue weighted by Crippen LogP contribution is 2.36. The zero-order valence-corrected chi connectivity index (χ0v) is 12.3. The Balaban J connectivity index is 1.71. The maximum Gasteiger partial charge on any atom is 0.186 e. The van der Waals surface area contributed by atoms with Crippen LogP contribution in [0.1, 0.15) is 18.4 Å². The summed E-state index contributed by atoms with van der Waals surface area (Å²) in [6.07, 6.45) is 3.70. The van der Waals surface area contributed by atoms with E-state index in [0.717, 1.165) is 37.3 Å².